The fraction of sp³-hybridized carbons (Fsp3) is 0.925. The normalized spacial score (nSPS) is 11.9. The fourth-order valence-corrected chi connectivity index (χ4v) is 5.74. The second-order valence-corrected chi connectivity index (χ2v) is 14.0. The van der Waals surface area contributed by atoms with Gasteiger partial charge in [-0.15, -0.1) is 0 Å². The van der Waals surface area contributed by atoms with Crippen LogP contribution < -0.4 is 0 Å². The monoisotopic (exact) mass is 653 g/mol. The van der Waals surface area contributed by atoms with Crippen molar-refractivity contribution >= 4 is 17.9 Å². The Labute approximate surface area is 285 Å². The summed E-state index contributed by atoms with van der Waals surface area (Å²) in [4.78, 5) is 37.2. The third kappa shape index (κ3) is 33.8. The number of carbonyl (C=O) groups excluding carboxylic acids is 3. The maximum absolute atomic E-state index is 12.6. The van der Waals surface area contributed by atoms with E-state index in [9.17, 15) is 14.4 Å². The zero-order valence-corrected chi connectivity index (χ0v) is 31.0. The lowest BCUT2D eigenvalue weighted by Gasteiger charge is -2.18. The predicted octanol–water partition coefficient (Wildman–Crippen LogP) is 12.0. The maximum Gasteiger partial charge on any atom is 0.306 e. The number of ether oxygens (including phenoxy) is 3. The van der Waals surface area contributed by atoms with Crippen LogP contribution >= 0.6 is 0 Å². The lowest BCUT2D eigenvalue weighted by atomic mass is 10.0. The summed E-state index contributed by atoms with van der Waals surface area (Å²) in [6.45, 7) is 8.86. The lowest BCUT2D eigenvalue weighted by molar-refractivity contribution is -0.167. The molecule has 0 aliphatic carbocycles. The van der Waals surface area contributed by atoms with Gasteiger partial charge < -0.3 is 14.2 Å². The van der Waals surface area contributed by atoms with Gasteiger partial charge in [-0.25, -0.2) is 0 Å². The van der Waals surface area contributed by atoms with Crippen LogP contribution in [0.4, 0.5) is 0 Å². The van der Waals surface area contributed by atoms with Gasteiger partial charge in [0.15, 0.2) is 6.10 Å². The number of hydrogen-bond donors (Lipinski definition) is 0. The molecule has 0 radical (unpaired) electrons. The van der Waals surface area contributed by atoms with Gasteiger partial charge in [-0.2, -0.15) is 0 Å². The molecule has 0 N–H and O–H groups in total. The second-order valence-electron chi connectivity index (χ2n) is 14.0. The van der Waals surface area contributed by atoms with E-state index >= 15 is 0 Å². The van der Waals surface area contributed by atoms with E-state index in [4.69, 9.17) is 14.2 Å². The molecule has 46 heavy (non-hydrogen) atoms. The zero-order valence-electron chi connectivity index (χ0n) is 31.0. The Morgan fingerprint density at radius 3 is 1.07 bits per heavy atom. The van der Waals surface area contributed by atoms with E-state index in [1.54, 1.807) is 0 Å². The van der Waals surface area contributed by atoms with Crippen molar-refractivity contribution in [3.8, 4) is 0 Å². The van der Waals surface area contributed by atoms with Crippen molar-refractivity contribution in [1.29, 1.82) is 0 Å². The van der Waals surface area contributed by atoms with Gasteiger partial charge in [-0.05, 0) is 25.2 Å². The molecule has 1 atom stereocenters. The minimum Gasteiger partial charge on any atom is -0.462 e. The lowest BCUT2D eigenvalue weighted by Crippen LogP contribution is -2.30. The molecule has 272 valence electrons. The van der Waals surface area contributed by atoms with E-state index in [-0.39, 0.29) is 31.1 Å². The summed E-state index contributed by atoms with van der Waals surface area (Å²) in [5.74, 6) is -0.0596. The third-order valence-corrected chi connectivity index (χ3v) is 8.79. The van der Waals surface area contributed by atoms with Crippen LogP contribution in [0.15, 0.2) is 0 Å². The number of rotatable bonds is 35. The van der Waals surface area contributed by atoms with Gasteiger partial charge >= 0.3 is 17.9 Å². The Bertz CT molecular complexity index is 691. The molecule has 0 rings (SSSR count). The molecule has 0 aromatic heterocycles. The Hall–Kier alpha value is -1.59. The summed E-state index contributed by atoms with van der Waals surface area (Å²) in [7, 11) is 0. The topological polar surface area (TPSA) is 78.9 Å². The Balaban J connectivity index is 4.24. The van der Waals surface area contributed by atoms with E-state index in [0.717, 1.165) is 70.1 Å². The Morgan fingerprint density at radius 1 is 0.413 bits per heavy atom. The molecule has 0 heterocycles. The van der Waals surface area contributed by atoms with Crippen LogP contribution in [-0.4, -0.2) is 37.2 Å². The Kier molecular flexibility index (Phi) is 33.5. The van der Waals surface area contributed by atoms with Gasteiger partial charge in [-0.1, -0.05) is 175 Å². The first-order valence-corrected chi connectivity index (χ1v) is 19.9. The summed E-state index contributed by atoms with van der Waals surface area (Å²) in [6, 6.07) is 0. The first-order chi connectivity index (χ1) is 22.4. The highest BCUT2D eigenvalue weighted by Crippen LogP contribution is 2.15. The van der Waals surface area contributed by atoms with Crippen molar-refractivity contribution in [2.45, 2.75) is 220 Å². The third-order valence-electron chi connectivity index (χ3n) is 8.79. The van der Waals surface area contributed by atoms with Gasteiger partial charge in [0.05, 0.1) is 0 Å². The van der Waals surface area contributed by atoms with Crippen molar-refractivity contribution in [2.24, 2.45) is 5.92 Å². The van der Waals surface area contributed by atoms with Gasteiger partial charge in [0.25, 0.3) is 0 Å². The van der Waals surface area contributed by atoms with Crippen LogP contribution in [0.25, 0.3) is 0 Å². The smallest absolute Gasteiger partial charge is 0.306 e. The number of carbonyl (C=O) groups is 3. The number of esters is 3. The SMILES string of the molecule is CCCCCCCCCCCCC(=O)O[C@@H](COC(=O)CCCCCCC)COC(=O)CCCCCCCCCCCCC(C)C. The summed E-state index contributed by atoms with van der Waals surface area (Å²) in [5, 5.41) is 0. The summed E-state index contributed by atoms with van der Waals surface area (Å²) >= 11 is 0. The molecule has 6 nitrogen and oxygen atoms in total. The highest BCUT2D eigenvalue weighted by molar-refractivity contribution is 5.71. The number of unbranched alkanes of at least 4 members (excludes halogenated alkanes) is 22. The average Bonchev–Trinajstić information content (AvgIpc) is 3.03. The van der Waals surface area contributed by atoms with Crippen LogP contribution in [0.5, 0.6) is 0 Å². The largest absolute Gasteiger partial charge is 0.462 e. The second kappa shape index (κ2) is 34.7. The van der Waals surface area contributed by atoms with Crippen LogP contribution in [-0.2, 0) is 28.6 Å². The van der Waals surface area contributed by atoms with Gasteiger partial charge in [0, 0.05) is 19.3 Å². The summed E-state index contributed by atoms with van der Waals surface area (Å²) in [6.07, 6.45) is 31.1. The summed E-state index contributed by atoms with van der Waals surface area (Å²) < 4.78 is 16.5. The Morgan fingerprint density at radius 2 is 0.717 bits per heavy atom. The molecule has 0 spiro atoms. The van der Waals surface area contributed by atoms with E-state index in [0.29, 0.717) is 19.3 Å². The predicted molar refractivity (Wildman–Crippen MR) is 192 cm³/mol. The highest BCUT2D eigenvalue weighted by atomic mass is 16.6. The molecule has 0 saturated heterocycles. The van der Waals surface area contributed by atoms with Gasteiger partial charge in [0.2, 0.25) is 0 Å². The van der Waals surface area contributed by atoms with Crippen LogP contribution in [0.2, 0.25) is 0 Å². The van der Waals surface area contributed by atoms with Gasteiger partial charge in [-0.3, -0.25) is 14.4 Å². The molecular formula is C40H76O6. The van der Waals surface area contributed by atoms with Crippen LogP contribution in [0.1, 0.15) is 214 Å². The van der Waals surface area contributed by atoms with Crippen molar-refractivity contribution in [2.75, 3.05) is 13.2 Å². The molecule has 0 aliphatic heterocycles. The molecule has 0 saturated carbocycles. The molecule has 0 unspecified atom stereocenters. The fourth-order valence-electron chi connectivity index (χ4n) is 5.74. The molecule has 0 fully saturated rings. The standard InChI is InChI=1S/C40H76O6/c1-5-7-9-11-12-13-17-21-25-29-33-40(43)46-37(34-44-38(41)31-27-22-10-8-6-2)35-45-39(42)32-28-24-20-18-15-14-16-19-23-26-30-36(3)4/h36-37H,5-35H2,1-4H3/t37-/m0/s1. The van der Waals surface area contributed by atoms with Crippen molar-refractivity contribution < 1.29 is 28.6 Å². The van der Waals surface area contributed by atoms with E-state index in [1.165, 1.54) is 103 Å². The maximum atomic E-state index is 12.6. The van der Waals surface area contributed by atoms with Gasteiger partial charge in [0.1, 0.15) is 13.2 Å². The minimum absolute atomic E-state index is 0.0659. The molecule has 0 amide bonds. The van der Waals surface area contributed by atoms with Crippen molar-refractivity contribution in [1.82, 2.24) is 0 Å². The molecule has 0 aromatic rings. The van der Waals surface area contributed by atoms with E-state index in [1.807, 2.05) is 0 Å². The first-order valence-electron chi connectivity index (χ1n) is 19.9. The van der Waals surface area contributed by atoms with E-state index in [2.05, 4.69) is 27.7 Å². The number of hydrogen-bond acceptors (Lipinski definition) is 6. The molecule has 0 aromatic carbocycles. The zero-order chi connectivity index (χ0) is 33.9. The molecular weight excluding hydrogens is 576 g/mol. The first kappa shape index (κ1) is 44.4. The molecule has 0 aliphatic rings. The van der Waals surface area contributed by atoms with Crippen molar-refractivity contribution in [3.63, 3.8) is 0 Å². The van der Waals surface area contributed by atoms with E-state index < -0.39 is 6.10 Å². The van der Waals surface area contributed by atoms with Crippen LogP contribution in [0, 0.1) is 5.92 Å². The quantitative estimate of drug-likeness (QED) is 0.0385. The molecule has 0 bridgehead atoms. The van der Waals surface area contributed by atoms with Crippen LogP contribution in [0.3, 0.4) is 0 Å². The van der Waals surface area contributed by atoms with Crippen molar-refractivity contribution in [3.05, 3.63) is 0 Å². The average molecular weight is 653 g/mol. The summed E-state index contributed by atoms with van der Waals surface area (Å²) in [5.41, 5.74) is 0. The molecule has 6 heteroatoms. The minimum atomic E-state index is -0.756. The highest BCUT2D eigenvalue weighted by Gasteiger charge is 2.19.